The van der Waals surface area contributed by atoms with E-state index in [1.165, 1.54) is 0 Å². The summed E-state index contributed by atoms with van der Waals surface area (Å²) in [5.41, 5.74) is 11.9. The molecule has 0 aliphatic heterocycles. The SMILES string of the molecule is NC(c1cc(F)c(Br)c(F)c1)C(N)c1cc(F)c(Br)c(F)c1. The summed E-state index contributed by atoms with van der Waals surface area (Å²) in [7, 11) is 0. The summed E-state index contributed by atoms with van der Waals surface area (Å²) in [5, 5.41) is 0. The van der Waals surface area contributed by atoms with Crippen molar-refractivity contribution in [1.29, 1.82) is 0 Å². The van der Waals surface area contributed by atoms with Crippen molar-refractivity contribution in [3.8, 4) is 0 Å². The van der Waals surface area contributed by atoms with Crippen LogP contribution in [0.3, 0.4) is 0 Å². The average Bonchev–Trinajstić information content (AvgIpc) is 2.47. The molecular formula is C14H10Br2F4N2. The van der Waals surface area contributed by atoms with Crippen molar-refractivity contribution in [1.82, 2.24) is 0 Å². The molecule has 0 radical (unpaired) electrons. The smallest absolute Gasteiger partial charge is 0.140 e. The Bertz CT molecular complexity index is 616. The Balaban J connectivity index is 2.39. The molecule has 2 rings (SSSR count). The summed E-state index contributed by atoms with van der Waals surface area (Å²) >= 11 is 5.49. The number of hydrogen-bond acceptors (Lipinski definition) is 2. The average molecular weight is 442 g/mol. The minimum atomic E-state index is -1.04. The fraction of sp³-hybridized carbons (Fsp3) is 0.143. The van der Waals surface area contributed by atoms with Crippen LogP contribution < -0.4 is 11.5 Å². The van der Waals surface area contributed by atoms with E-state index in [9.17, 15) is 17.6 Å². The van der Waals surface area contributed by atoms with Crippen LogP contribution in [0.2, 0.25) is 0 Å². The lowest BCUT2D eigenvalue weighted by Crippen LogP contribution is -2.27. The zero-order valence-electron chi connectivity index (χ0n) is 10.9. The summed E-state index contributed by atoms with van der Waals surface area (Å²) in [4.78, 5) is 0. The van der Waals surface area contributed by atoms with E-state index in [0.717, 1.165) is 24.3 Å². The lowest BCUT2D eigenvalue weighted by atomic mass is 9.94. The van der Waals surface area contributed by atoms with E-state index in [2.05, 4.69) is 31.9 Å². The molecule has 2 aromatic carbocycles. The van der Waals surface area contributed by atoms with Gasteiger partial charge in [-0.05, 0) is 67.3 Å². The van der Waals surface area contributed by atoms with Crippen LogP contribution in [0.4, 0.5) is 17.6 Å². The molecule has 118 valence electrons. The maximum absolute atomic E-state index is 13.5. The Morgan fingerprint density at radius 2 is 0.864 bits per heavy atom. The Labute approximate surface area is 140 Å². The zero-order valence-corrected chi connectivity index (χ0v) is 14.1. The summed E-state index contributed by atoms with van der Waals surface area (Å²) in [6.45, 7) is 0. The van der Waals surface area contributed by atoms with Gasteiger partial charge in [-0.3, -0.25) is 0 Å². The van der Waals surface area contributed by atoms with Gasteiger partial charge < -0.3 is 11.5 Å². The van der Waals surface area contributed by atoms with Gasteiger partial charge in [0, 0.05) is 12.1 Å². The normalized spacial score (nSPS) is 14.0. The van der Waals surface area contributed by atoms with Crippen LogP contribution in [-0.2, 0) is 0 Å². The van der Waals surface area contributed by atoms with Crippen LogP contribution in [0.1, 0.15) is 23.2 Å². The monoisotopic (exact) mass is 440 g/mol. The first-order valence-electron chi connectivity index (χ1n) is 6.02. The Morgan fingerprint density at radius 3 is 1.09 bits per heavy atom. The molecule has 0 aliphatic rings. The molecule has 0 spiro atoms. The molecule has 4 N–H and O–H groups in total. The van der Waals surface area contributed by atoms with Crippen molar-refractivity contribution in [2.45, 2.75) is 12.1 Å². The number of benzene rings is 2. The van der Waals surface area contributed by atoms with Crippen LogP contribution in [0, 0.1) is 23.3 Å². The number of nitrogens with two attached hydrogens (primary N) is 2. The Hall–Kier alpha value is -0.960. The highest BCUT2D eigenvalue weighted by atomic mass is 79.9. The van der Waals surface area contributed by atoms with Crippen molar-refractivity contribution in [2.24, 2.45) is 11.5 Å². The topological polar surface area (TPSA) is 52.0 Å². The molecule has 0 bridgehead atoms. The molecule has 2 nitrogen and oxygen atoms in total. The van der Waals surface area contributed by atoms with Crippen molar-refractivity contribution in [2.75, 3.05) is 0 Å². The fourth-order valence-corrected chi connectivity index (χ4v) is 2.41. The van der Waals surface area contributed by atoms with E-state index < -0.39 is 35.4 Å². The molecule has 22 heavy (non-hydrogen) atoms. The van der Waals surface area contributed by atoms with Gasteiger partial charge >= 0.3 is 0 Å². The predicted molar refractivity (Wildman–Crippen MR) is 82.0 cm³/mol. The maximum atomic E-state index is 13.5. The third kappa shape index (κ3) is 3.34. The summed E-state index contributed by atoms with van der Waals surface area (Å²) in [5.74, 6) is -3.37. The van der Waals surface area contributed by atoms with E-state index in [1.54, 1.807) is 0 Å². The molecule has 0 fully saturated rings. The van der Waals surface area contributed by atoms with E-state index in [0.29, 0.717) is 0 Å². The lowest BCUT2D eigenvalue weighted by Gasteiger charge is -2.21. The molecule has 0 saturated carbocycles. The second kappa shape index (κ2) is 6.66. The first-order valence-corrected chi connectivity index (χ1v) is 7.61. The van der Waals surface area contributed by atoms with Crippen molar-refractivity contribution in [3.63, 3.8) is 0 Å². The highest BCUT2D eigenvalue weighted by Crippen LogP contribution is 2.31. The molecule has 0 aromatic heterocycles. The minimum Gasteiger partial charge on any atom is -0.322 e. The van der Waals surface area contributed by atoms with Gasteiger partial charge in [0.05, 0.1) is 8.95 Å². The van der Waals surface area contributed by atoms with Crippen LogP contribution in [0.5, 0.6) is 0 Å². The minimum absolute atomic E-state index is 0.0782. The Kier molecular flexibility index (Phi) is 5.26. The van der Waals surface area contributed by atoms with E-state index in [1.807, 2.05) is 0 Å². The lowest BCUT2D eigenvalue weighted by molar-refractivity contribution is 0.526. The zero-order chi connectivity index (χ0) is 16.6. The van der Waals surface area contributed by atoms with Gasteiger partial charge in [-0.2, -0.15) is 0 Å². The van der Waals surface area contributed by atoms with Gasteiger partial charge in [0.1, 0.15) is 23.3 Å². The molecule has 2 aromatic rings. The molecule has 8 heteroatoms. The first-order chi connectivity index (χ1) is 10.2. The second-order valence-corrected chi connectivity index (χ2v) is 6.23. The molecule has 0 heterocycles. The van der Waals surface area contributed by atoms with Crippen LogP contribution in [0.15, 0.2) is 33.2 Å². The summed E-state index contributed by atoms with van der Waals surface area (Å²) < 4.78 is 53.5. The van der Waals surface area contributed by atoms with Crippen LogP contribution in [0.25, 0.3) is 0 Å². The number of rotatable bonds is 3. The third-order valence-electron chi connectivity index (χ3n) is 3.17. The molecule has 0 amide bonds. The van der Waals surface area contributed by atoms with Gasteiger partial charge in [0.25, 0.3) is 0 Å². The fourth-order valence-electron chi connectivity index (χ4n) is 1.95. The Morgan fingerprint density at radius 1 is 0.636 bits per heavy atom. The van der Waals surface area contributed by atoms with E-state index in [4.69, 9.17) is 11.5 Å². The van der Waals surface area contributed by atoms with Gasteiger partial charge in [0.2, 0.25) is 0 Å². The quantitative estimate of drug-likeness (QED) is 0.545. The summed E-state index contributed by atoms with van der Waals surface area (Å²) in [6.07, 6.45) is 0. The molecule has 2 unspecified atom stereocenters. The number of halogens is 6. The van der Waals surface area contributed by atoms with E-state index in [-0.39, 0.29) is 20.1 Å². The first kappa shape index (κ1) is 17.4. The maximum Gasteiger partial charge on any atom is 0.140 e. The molecular weight excluding hydrogens is 432 g/mol. The van der Waals surface area contributed by atoms with E-state index >= 15 is 0 Å². The molecule has 0 aliphatic carbocycles. The van der Waals surface area contributed by atoms with Gasteiger partial charge in [0.15, 0.2) is 0 Å². The van der Waals surface area contributed by atoms with Crippen molar-refractivity contribution in [3.05, 3.63) is 67.6 Å². The molecule has 2 atom stereocenters. The molecule has 0 saturated heterocycles. The van der Waals surface area contributed by atoms with Crippen LogP contribution >= 0.6 is 31.9 Å². The number of hydrogen-bond donors (Lipinski definition) is 2. The second-order valence-electron chi connectivity index (χ2n) is 4.65. The van der Waals surface area contributed by atoms with Crippen molar-refractivity contribution >= 4 is 31.9 Å². The van der Waals surface area contributed by atoms with Gasteiger partial charge in [-0.15, -0.1) is 0 Å². The van der Waals surface area contributed by atoms with Crippen LogP contribution in [-0.4, -0.2) is 0 Å². The largest absolute Gasteiger partial charge is 0.322 e. The van der Waals surface area contributed by atoms with Crippen molar-refractivity contribution < 1.29 is 17.6 Å². The third-order valence-corrected chi connectivity index (χ3v) is 4.68. The highest BCUT2D eigenvalue weighted by Gasteiger charge is 2.22. The van der Waals surface area contributed by atoms with Gasteiger partial charge in [-0.25, -0.2) is 17.6 Å². The predicted octanol–water partition coefficient (Wildman–Crippen LogP) is 4.47. The highest BCUT2D eigenvalue weighted by molar-refractivity contribution is 9.10. The van der Waals surface area contributed by atoms with Gasteiger partial charge in [-0.1, -0.05) is 0 Å². The standard InChI is InChI=1S/C14H10Br2F4N2/c15-11-7(17)1-5(2-8(11)18)13(21)14(22)6-3-9(19)12(16)10(20)4-6/h1-4,13-14H,21-22H2. The summed E-state index contributed by atoms with van der Waals surface area (Å²) in [6, 6.07) is 1.98.